The molecule has 1 aliphatic heterocycles. The molecule has 1 amide bonds. The van der Waals surface area contributed by atoms with E-state index in [2.05, 4.69) is 21.2 Å². The van der Waals surface area contributed by atoms with Gasteiger partial charge in [0.15, 0.2) is 5.78 Å². The lowest BCUT2D eigenvalue weighted by atomic mass is 9.96. The van der Waals surface area contributed by atoms with E-state index in [0.717, 1.165) is 15.8 Å². The summed E-state index contributed by atoms with van der Waals surface area (Å²) in [4.78, 5) is 26.0. The summed E-state index contributed by atoms with van der Waals surface area (Å²) >= 11 is 10.3. The molecule has 1 aromatic heterocycles. The largest absolute Gasteiger partial charge is 0.325 e. The molecule has 0 radical (unpaired) electrons. The Balaban J connectivity index is 1.45. The number of ketones is 1. The zero-order chi connectivity index (χ0) is 23.6. The highest BCUT2D eigenvalue weighted by atomic mass is 79.9. The van der Waals surface area contributed by atoms with E-state index < -0.39 is 10.0 Å². The van der Waals surface area contributed by atoms with Gasteiger partial charge in [-0.1, -0.05) is 57.9 Å². The minimum absolute atomic E-state index is 0.192. The third-order valence-electron chi connectivity index (χ3n) is 5.49. The Labute approximate surface area is 209 Å². The first-order valence-corrected chi connectivity index (χ1v) is 13.6. The second kappa shape index (κ2) is 10.1. The molecule has 6 nitrogen and oxygen atoms in total. The van der Waals surface area contributed by atoms with Gasteiger partial charge >= 0.3 is 0 Å². The molecule has 2 aromatic carbocycles. The maximum atomic E-state index is 13.0. The highest BCUT2D eigenvalue weighted by Crippen LogP contribution is 2.31. The van der Waals surface area contributed by atoms with E-state index >= 15 is 0 Å². The Bertz CT molecular complexity index is 1290. The van der Waals surface area contributed by atoms with E-state index in [1.165, 1.54) is 10.4 Å². The van der Waals surface area contributed by atoms with Crippen LogP contribution in [-0.2, 0) is 14.8 Å². The monoisotopic (exact) mass is 566 g/mol. The van der Waals surface area contributed by atoms with Crippen molar-refractivity contribution in [3.63, 3.8) is 0 Å². The first kappa shape index (κ1) is 24.1. The fourth-order valence-electron chi connectivity index (χ4n) is 3.72. The van der Waals surface area contributed by atoms with E-state index in [9.17, 15) is 18.0 Å². The predicted octanol–water partition coefficient (Wildman–Crippen LogP) is 5.43. The number of anilines is 1. The molecule has 10 heteroatoms. The lowest BCUT2D eigenvalue weighted by molar-refractivity contribution is -0.120. The van der Waals surface area contributed by atoms with Crippen LogP contribution in [0.3, 0.4) is 0 Å². The van der Waals surface area contributed by atoms with Crippen molar-refractivity contribution in [3.05, 3.63) is 80.6 Å². The zero-order valence-corrected chi connectivity index (χ0v) is 21.3. The molecule has 0 saturated carbocycles. The van der Waals surface area contributed by atoms with Gasteiger partial charge in [0.25, 0.3) is 10.0 Å². The fraction of sp³-hybridized carbons (Fsp3) is 0.217. The molecule has 1 saturated heterocycles. The third-order valence-corrected chi connectivity index (χ3v) is 9.58. The molecule has 2 heterocycles. The molecule has 4 rings (SSSR count). The molecule has 3 aromatic rings. The summed E-state index contributed by atoms with van der Waals surface area (Å²) in [6, 6.07) is 17.1. The SMILES string of the molecule is O=C(c1ccccc1)c1cc(Br)ccc1NC(=O)C1CCN(S(=O)(=O)c2ccc(Cl)s2)CC1. The smallest absolute Gasteiger partial charge is 0.252 e. The number of nitrogens with one attached hydrogen (secondary N) is 1. The van der Waals surface area contributed by atoms with Crippen LogP contribution in [-0.4, -0.2) is 37.5 Å². The van der Waals surface area contributed by atoms with Crippen molar-refractivity contribution < 1.29 is 18.0 Å². The maximum absolute atomic E-state index is 13.0. The second-order valence-electron chi connectivity index (χ2n) is 7.61. The average molecular weight is 568 g/mol. The van der Waals surface area contributed by atoms with Crippen LogP contribution < -0.4 is 5.32 Å². The number of benzene rings is 2. The number of hydrogen-bond acceptors (Lipinski definition) is 5. The van der Waals surface area contributed by atoms with E-state index in [1.54, 1.807) is 48.5 Å². The number of thiophene rings is 1. The Morgan fingerprint density at radius 3 is 2.36 bits per heavy atom. The van der Waals surface area contributed by atoms with Crippen LogP contribution in [0.15, 0.2) is 69.3 Å². The quantitative estimate of drug-likeness (QED) is 0.403. The third kappa shape index (κ3) is 5.38. The number of carbonyl (C=O) groups excluding carboxylic acids is 2. The number of piperidine rings is 1. The highest BCUT2D eigenvalue weighted by molar-refractivity contribution is 9.10. The minimum Gasteiger partial charge on any atom is -0.325 e. The van der Waals surface area contributed by atoms with Gasteiger partial charge < -0.3 is 5.32 Å². The van der Waals surface area contributed by atoms with Gasteiger partial charge in [0.05, 0.1) is 10.0 Å². The first-order chi connectivity index (χ1) is 15.8. The van der Waals surface area contributed by atoms with Crippen LogP contribution in [0.1, 0.15) is 28.8 Å². The molecule has 33 heavy (non-hydrogen) atoms. The number of halogens is 2. The molecule has 1 aliphatic rings. The maximum Gasteiger partial charge on any atom is 0.252 e. The van der Waals surface area contributed by atoms with E-state index in [0.29, 0.717) is 34.0 Å². The van der Waals surface area contributed by atoms with Crippen molar-refractivity contribution >= 4 is 66.3 Å². The lowest BCUT2D eigenvalue weighted by Crippen LogP contribution is -2.41. The summed E-state index contributed by atoms with van der Waals surface area (Å²) in [5.74, 6) is -0.773. The van der Waals surface area contributed by atoms with Crippen LogP contribution in [0, 0.1) is 5.92 Å². The number of carbonyl (C=O) groups is 2. The van der Waals surface area contributed by atoms with Gasteiger partial charge in [-0.05, 0) is 43.2 Å². The highest BCUT2D eigenvalue weighted by Gasteiger charge is 2.33. The summed E-state index contributed by atoms with van der Waals surface area (Å²) in [6.45, 7) is 0.484. The Morgan fingerprint density at radius 1 is 1.03 bits per heavy atom. The Kier molecular flexibility index (Phi) is 7.35. The number of amides is 1. The normalized spacial score (nSPS) is 15.3. The Hall–Kier alpha value is -2.04. The van der Waals surface area contributed by atoms with E-state index in [-0.39, 0.29) is 34.9 Å². The number of nitrogens with zero attached hydrogens (tertiary/aromatic N) is 1. The standard InChI is InChI=1S/C23H20BrClN2O4S2/c24-17-6-7-19(18(14-17)22(28)15-4-2-1-3-5-15)26-23(29)16-10-12-27(13-11-16)33(30,31)21-9-8-20(25)32-21/h1-9,14,16H,10-13H2,(H,26,29). The van der Waals surface area contributed by atoms with Gasteiger partial charge in [0, 0.05) is 34.6 Å². The van der Waals surface area contributed by atoms with Crippen LogP contribution in [0.2, 0.25) is 4.34 Å². The molecule has 1 fully saturated rings. The molecule has 1 N–H and O–H groups in total. The van der Waals surface area contributed by atoms with Gasteiger partial charge in [-0.2, -0.15) is 4.31 Å². The van der Waals surface area contributed by atoms with Gasteiger partial charge in [-0.15, -0.1) is 11.3 Å². The molecular formula is C23H20BrClN2O4S2. The topological polar surface area (TPSA) is 83.6 Å². The van der Waals surface area contributed by atoms with Crippen molar-refractivity contribution in [2.75, 3.05) is 18.4 Å². The van der Waals surface area contributed by atoms with Gasteiger partial charge in [-0.3, -0.25) is 9.59 Å². The molecule has 0 atom stereocenters. The van der Waals surface area contributed by atoms with Crippen LogP contribution in [0.5, 0.6) is 0 Å². The number of rotatable bonds is 6. The van der Waals surface area contributed by atoms with Crippen LogP contribution in [0.4, 0.5) is 5.69 Å². The number of sulfonamides is 1. The van der Waals surface area contributed by atoms with Crippen molar-refractivity contribution in [2.45, 2.75) is 17.1 Å². The molecular weight excluding hydrogens is 548 g/mol. The fourth-order valence-corrected chi connectivity index (χ4v) is 7.18. The summed E-state index contributed by atoms with van der Waals surface area (Å²) in [5, 5.41) is 2.88. The van der Waals surface area contributed by atoms with Crippen molar-refractivity contribution in [1.29, 1.82) is 0 Å². The molecule has 0 aliphatic carbocycles. The van der Waals surface area contributed by atoms with Gasteiger partial charge in [-0.25, -0.2) is 8.42 Å². The Morgan fingerprint density at radius 2 is 1.73 bits per heavy atom. The van der Waals surface area contributed by atoms with E-state index in [1.807, 2.05) is 6.07 Å². The summed E-state index contributed by atoms with van der Waals surface area (Å²) in [7, 11) is -3.62. The second-order valence-corrected chi connectivity index (χ2v) is 12.4. The minimum atomic E-state index is -3.62. The van der Waals surface area contributed by atoms with Gasteiger partial charge in [0.2, 0.25) is 5.91 Å². The predicted molar refractivity (Wildman–Crippen MR) is 133 cm³/mol. The lowest BCUT2D eigenvalue weighted by Gasteiger charge is -2.30. The van der Waals surface area contributed by atoms with Crippen molar-refractivity contribution in [2.24, 2.45) is 5.92 Å². The van der Waals surface area contributed by atoms with Crippen molar-refractivity contribution in [1.82, 2.24) is 4.31 Å². The van der Waals surface area contributed by atoms with Gasteiger partial charge in [0.1, 0.15) is 4.21 Å². The summed E-state index contributed by atoms with van der Waals surface area (Å²) < 4.78 is 28.3. The average Bonchev–Trinajstić information content (AvgIpc) is 3.27. The zero-order valence-electron chi connectivity index (χ0n) is 17.3. The summed E-state index contributed by atoms with van der Waals surface area (Å²) in [6.07, 6.45) is 0.783. The first-order valence-electron chi connectivity index (χ1n) is 10.2. The molecule has 172 valence electrons. The number of hydrogen-bond donors (Lipinski definition) is 1. The van der Waals surface area contributed by atoms with Crippen LogP contribution >= 0.6 is 38.9 Å². The van der Waals surface area contributed by atoms with Crippen molar-refractivity contribution in [3.8, 4) is 0 Å². The summed E-state index contributed by atoms with van der Waals surface area (Å²) in [5.41, 5.74) is 1.34. The molecule has 0 unspecified atom stereocenters. The molecule has 0 bridgehead atoms. The van der Waals surface area contributed by atoms with Crippen LogP contribution in [0.25, 0.3) is 0 Å². The van der Waals surface area contributed by atoms with E-state index in [4.69, 9.17) is 11.6 Å². The molecule has 0 spiro atoms.